The van der Waals surface area contributed by atoms with Crippen molar-refractivity contribution in [2.24, 2.45) is 0 Å². The molecule has 2 heterocycles. The smallest absolute Gasteiger partial charge is 0.140 e. The van der Waals surface area contributed by atoms with Crippen LogP contribution in [-0.4, -0.2) is 24.1 Å². The van der Waals surface area contributed by atoms with Gasteiger partial charge in [-0.25, -0.2) is 4.98 Å². The lowest BCUT2D eigenvalue weighted by Gasteiger charge is -2.12. The lowest BCUT2D eigenvalue weighted by atomic mass is 10.1. The van der Waals surface area contributed by atoms with Crippen LogP contribution in [0.2, 0.25) is 0 Å². The quantitative estimate of drug-likeness (QED) is 0.877. The maximum Gasteiger partial charge on any atom is 0.140 e. The Hall–Kier alpha value is -0.130. The molecule has 0 aromatic carbocycles. The summed E-state index contributed by atoms with van der Waals surface area (Å²) in [5.41, 5.74) is 0. The van der Waals surface area contributed by atoms with Crippen molar-refractivity contribution in [1.29, 1.82) is 0 Å². The van der Waals surface area contributed by atoms with Crippen molar-refractivity contribution in [2.75, 3.05) is 18.4 Å². The fraction of sp³-hybridized carbons (Fsp3) is 0.545. The van der Waals surface area contributed by atoms with Crippen LogP contribution in [0.1, 0.15) is 19.3 Å². The molecule has 5 heteroatoms. The van der Waals surface area contributed by atoms with Crippen LogP contribution in [-0.2, 0) is 0 Å². The molecule has 1 aliphatic rings. The maximum absolute atomic E-state index is 4.32. The van der Waals surface area contributed by atoms with E-state index in [0.29, 0.717) is 6.04 Å². The molecule has 2 N–H and O–H groups in total. The fourth-order valence-electron chi connectivity index (χ4n) is 1.91. The summed E-state index contributed by atoms with van der Waals surface area (Å²) in [5.74, 6) is 0.918. The highest BCUT2D eigenvalue weighted by atomic mass is 79.9. The van der Waals surface area contributed by atoms with Gasteiger partial charge in [0.05, 0.1) is 4.47 Å². The number of anilines is 1. The topological polar surface area (TPSA) is 37.0 Å². The van der Waals surface area contributed by atoms with Crippen LogP contribution >= 0.6 is 31.9 Å². The van der Waals surface area contributed by atoms with Gasteiger partial charge >= 0.3 is 0 Å². The molecule has 0 unspecified atom stereocenters. The van der Waals surface area contributed by atoms with E-state index in [-0.39, 0.29) is 0 Å². The number of pyridine rings is 1. The Bertz CT molecular complexity index is 351. The number of rotatable bonds is 4. The Morgan fingerprint density at radius 1 is 1.50 bits per heavy atom. The van der Waals surface area contributed by atoms with E-state index in [1.54, 1.807) is 6.20 Å². The highest BCUT2D eigenvalue weighted by Gasteiger charge is 2.13. The Morgan fingerprint density at radius 3 is 3.06 bits per heavy atom. The molecule has 88 valence electrons. The van der Waals surface area contributed by atoms with E-state index in [0.717, 1.165) is 27.7 Å². The Kier molecular flexibility index (Phi) is 4.61. The van der Waals surface area contributed by atoms with Crippen LogP contribution in [0.15, 0.2) is 21.2 Å². The Morgan fingerprint density at radius 2 is 2.38 bits per heavy atom. The molecule has 3 nitrogen and oxygen atoms in total. The fourth-order valence-corrected chi connectivity index (χ4v) is 3.04. The van der Waals surface area contributed by atoms with Gasteiger partial charge in [0.1, 0.15) is 5.82 Å². The van der Waals surface area contributed by atoms with Crippen LogP contribution in [0.4, 0.5) is 5.82 Å². The minimum atomic E-state index is 0.682. The molecule has 1 atom stereocenters. The zero-order valence-corrected chi connectivity index (χ0v) is 12.1. The monoisotopic (exact) mass is 347 g/mol. The van der Waals surface area contributed by atoms with Gasteiger partial charge in [-0.2, -0.15) is 0 Å². The van der Waals surface area contributed by atoms with Crippen molar-refractivity contribution in [3.63, 3.8) is 0 Å². The standard InChI is InChI=1S/C11H15Br2N3/c12-8-6-10(13)11(16-7-8)15-5-3-9-2-1-4-14-9/h6-7,9,14H,1-5H2,(H,15,16)/t9-/m0/s1. The van der Waals surface area contributed by atoms with Gasteiger partial charge in [-0.3, -0.25) is 0 Å². The lowest BCUT2D eigenvalue weighted by molar-refractivity contribution is 0.574. The van der Waals surface area contributed by atoms with Crippen molar-refractivity contribution in [1.82, 2.24) is 10.3 Å². The van der Waals surface area contributed by atoms with E-state index in [1.165, 1.54) is 19.4 Å². The van der Waals surface area contributed by atoms with Crippen molar-refractivity contribution < 1.29 is 0 Å². The first-order chi connectivity index (χ1) is 7.75. The van der Waals surface area contributed by atoms with E-state index in [2.05, 4.69) is 47.5 Å². The molecule has 0 spiro atoms. The summed E-state index contributed by atoms with van der Waals surface area (Å²) in [6.45, 7) is 2.13. The van der Waals surface area contributed by atoms with Crippen LogP contribution in [0.3, 0.4) is 0 Å². The van der Waals surface area contributed by atoms with Crippen LogP contribution in [0.5, 0.6) is 0 Å². The third-order valence-electron chi connectivity index (χ3n) is 2.76. The van der Waals surface area contributed by atoms with E-state index in [1.807, 2.05) is 6.07 Å². The van der Waals surface area contributed by atoms with Gasteiger partial charge in [-0.05, 0) is 63.7 Å². The SMILES string of the molecule is Brc1cnc(NCC[C@@H]2CCCN2)c(Br)c1. The predicted octanol–water partition coefficient (Wildman–Crippen LogP) is 3.16. The molecule has 1 fully saturated rings. The van der Waals surface area contributed by atoms with Gasteiger partial charge in [-0.15, -0.1) is 0 Å². The van der Waals surface area contributed by atoms with Crippen LogP contribution in [0.25, 0.3) is 0 Å². The van der Waals surface area contributed by atoms with Crippen molar-refractivity contribution in [3.05, 3.63) is 21.2 Å². The third-order valence-corrected chi connectivity index (χ3v) is 3.79. The minimum absolute atomic E-state index is 0.682. The highest BCUT2D eigenvalue weighted by Crippen LogP contribution is 2.23. The minimum Gasteiger partial charge on any atom is -0.369 e. The predicted molar refractivity (Wildman–Crippen MR) is 73.8 cm³/mol. The number of nitrogens with one attached hydrogen (secondary N) is 2. The van der Waals surface area contributed by atoms with Crippen LogP contribution < -0.4 is 10.6 Å². The summed E-state index contributed by atoms with van der Waals surface area (Å²) < 4.78 is 1.99. The van der Waals surface area contributed by atoms with E-state index < -0.39 is 0 Å². The van der Waals surface area contributed by atoms with Crippen molar-refractivity contribution in [2.45, 2.75) is 25.3 Å². The Balaban J connectivity index is 1.80. The first-order valence-corrected chi connectivity index (χ1v) is 7.12. The second-order valence-corrected chi connectivity index (χ2v) is 5.76. The van der Waals surface area contributed by atoms with E-state index >= 15 is 0 Å². The second-order valence-electron chi connectivity index (χ2n) is 3.99. The molecule has 0 aliphatic carbocycles. The maximum atomic E-state index is 4.32. The van der Waals surface area contributed by atoms with Gasteiger partial charge in [0.25, 0.3) is 0 Å². The first-order valence-electron chi connectivity index (χ1n) is 5.54. The zero-order valence-electron chi connectivity index (χ0n) is 8.97. The molecule has 1 aliphatic heterocycles. The number of halogens is 2. The van der Waals surface area contributed by atoms with E-state index in [4.69, 9.17) is 0 Å². The van der Waals surface area contributed by atoms with Crippen molar-refractivity contribution >= 4 is 37.7 Å². The number of hydrogen-bond acceptors (Lipinski definition) is 3. The molecule has 1 saturated heterocycles. The summed E-state index contributed by atoms with van der Waals surface area (Å²) in [4.78, 5) is 4.32. The van der Waals surface area contributed by atoms with Crippen LogP contribution in [0, 0.1) is 0 Å². The highest BCUT2D eigenvalue weighted by molar-refractivity contribution is 9.11. The summed E-state index contributed by atoms with van der Waals surface area (Å²) in [6.07, 6.45) is 5.58. The molecule has 16 heavy (non-hydrogen) atoms. The number of aromatic nitrogens is 1. The summed E-state index contributed by atoms with van der Waals surface area (Å²) >= 11 is 6.88. The molecule has 0 saturated carbocycles. The van der Waals surface area contributed by atoms with Crippen molar-refractivity contribution in [3.8, 4) is 0 Å². The average molecular weight is 349 g/mol. The largest absolute Gasteiger partial charge is 0.369 e. The average Bonchev–Trinajstić information content (AvgIpc) is 2.74. The first kappa shape index (κ1) is 12.3. The molecule has 1 aromatic rings. The number of nitrogens with zero attached hydrogens (tertiary/aromatic N) is 1. The molecule has 2 rings (SSSR count). The van der Waals surface area contributed by atoms with Gasteiger partial charge < -0.3 is 10.6 Å². The summed E-state index contributed by atoms with van der Waals surface area (Å²) in [5, 5.41) is 6.84. The van der Waals surface area contributed by atoms with Gasteiger partial charge in [0.2, 0.25) is 0 Å². The number of hydrogen-bond donors (Lipinski definition) is 2. The summed E-state index contributed by atoms with van der Waals surface area (Å²) in [7, 11) is 0. The molecule has 1 aromatic heterocycles. The van der Waals surface area contributed by atoms with E-state index in [9.17, 15) is 0 Å². The van der Waals surface area contributed by atoms with Gasteiger partial charge in [-0.1, -0.05) is 0 Å². The molecule has 0 amide bonds. The molecular formula is C11H15Br2N3. The second kappa shape index (κ2) is 5.98. The van der Waals surface area contributed by atoms with Gasteiger partial charge in [0, 0.05) is 23.3 Å². The molecule has 0 bridgehead atoms. The normalized spacial score (nSPS) is 20.0. The lowest BCUT2D eigenvalue weighted by Crippen LogP contribution is -2.24. The molecular weight excluding hydrogens is 334 g/mol. The van der Waals surface area contributed by atoms with Gasteiger partial charge in [0.15, 0.2) is 0 Å². The Labute approximate surface area is 113 Å². The molecule has 0 radical (unpaired) electrons. The summed E-state index contributed by atoms with van der Waals surface area (Å²) in [6, 6.07) is 2.69. The zero-order chi connectivity index (χ0) is 11.4. The third kappa shape index (κ3) is 3.43.